The number of hydrogen-bond donors (Lipinski definition) is 2. The summed E-state index contributed by atoms with van der Waals surface area (Å²) in [5.74, 6) is 1.63. The second-order valence-electron chi connectivity index (χ2n) is 6.83. The van der Waals surface area contributed by atoms with Crippen LogP contribution in [0.4, 0.5) is 0 Å². The van der Waals surface area contributed by atoms with Crippen molar-refractivity contribution in [2.45, 2.75) is 58.6 Å². The largest absolute Gasteiger partial charge is 0.376 e. The van der Waals surface area contributed by atoms with Crippen molar-refractivity contribution >= 4 is 5.96 Å². The van der Waals surface area contributed by atoms with Crippen molar-refractivity contribution in [2.75, 3.05) is 39.3 Å². The highest BCUT2D eigenvalue weighted by atomic mass is 16.5. The van der Waals surface area contributed by atoms with Crippen LogP contribution in [0.15, 0.2) is 4.99 Å². The molecule has 0 bridgehead atoms. The van der Waals surface area contributed by atoms with Gasteiger partial charge in [-0.25, -0.2) is 0 Å². The lowest BCUT2D eigenvalue weighted by atomic mass is 9.97. The Morgan fingerprint density at radius 3 is 2.82 bits per heavy atom. The minimum Gasteiger partial charge on any atom is -0.376 e. The summed E-state index contributed by atoms with van der Waals surface area (Å²) in [6.07, 6.45) is 5.32. The molecule has 128 valence electrons. The molecule has 2 aliphatic heterocycles. The fraction of sp³-hybridized carbons (Fsp3) is 0.941. The molecule has 5 nitrogen and oxygen atoms in total. The molecule has 2 N–H and O–H groups in total. The summed E-state index contributed by atoms with van der Waals surface area (Å²) in [5, 5.41) is 6.79. The van der Waals surface area contributed by atoms with E-state index in [2.05, 4.69) is 36.3 Å². The van der Waals surface area contributed by atoms with Crippen molar-refractivity contribution in [3.63, 3.8) is 0 Å². The van der Waals surface area contributed by atoms with E-state index in [0.717, 1.165) is 32.2 Å². The van der Waals surface area contributed by atoms with E-state index in [0.29, 0.717) is 18.1 Å². The molecule has 5 heteroatoms. The molecule has 0 aromatic carbocycles. The highest BCUT2D eigenvalue weighted by molar-refractivity contribution is 5.79. The molecule has 2 aliphatic rings. The molecule has 0 aromatic rings. The van der Waals surface area contributed by atoms with Crippen molar-refractivity contribution in [3.05, 3.63) is 0 Å². The van der Waals surface area contributed by atoms with E-state index in [4.69, 9.17) is 9.73 Å². The van der Waals surface area contributed by atoms with Gasteiger partial charge in [0.15, 0.2) is 5.96 Å². The molecule has 2 rings (SSSR count). The molecular weight excluding hydrogens is 276 g/mol. The highest BCUT2D eigenvalue weighted by Crippen LogP contribution is 2.18. The van der Waals surface area contributed by atoms with Crippen molar-refractivity contribution in [1.82, 2.24) is 15.5 Å². The van der Waals surface area contributed by atoms with Crippen LogP contribution in [0.2, 0.25) is 0 Å². The molecule has 2 heterocycles. The molecular formula is C17H34N4O. The quantitative estimate of drug-likeness (QED) is 0.580. The maximum absolute atomic E-state index is 5.66. The minimum absolute atomic E-state index is 0.356. The van der Waals surface area contributed by atoms with E-state index in [1.807, 2.05) is 0 Å². The van der Waals surface area contributed by atoms with E-state index in [-0.39, 0.29) is 0 Å². The van der Waals surface area contributed by atoms with Gasteiger partial charge in [0.2, 0.25) is 0 Å². The Hall–Kier alpha value is -0.810. The summed E-state index contributed by atoms with van der Waals surface area (Å²) >= 11 is 0. The van der Waals surface area contributed by atoms with Gasteiger partial charge < -0.3 is 20.3 Å². The normalized spacial score (nSPS) is 27.4. The van der Waals surface area contributed by atoms with E-state index in [1.54, 1.807) is 0 Å². The van der Waals surface area contributed by atoms with Crippen LogP contribution in [-0.4, -0.2) is 62.3 Å². The summed E-state index contributed by atoms with van der Waals surface area (Å²) in [5.41, 5.74) is 0. The number of rotatable bonds is 6. The molecule has 0 spiro atoms. The fourth-order valence-electron chi connectivity index (χ4n) is 3.29. The van der Waals surface area contributed by atoms with Gasteiger partial charge in [-0.1, -0.05) is 0 Å². The first-order chi connectivity index (χ1) is 10.7. The number of aliphatic imine (C=N–C) groups is 1. The Kier molecular flexibility index (Phi) is 7.46. The summed E-state index contributed by atoms with van der Waals surface area (Å²) in [6, 6.07) is 0.651. The average molecular weight is 310 g/mol. The van der Waals surface area contributed by atoms with Crippen LogP contribution in [0.25, 0.3) is 0 Å². The van der Waals surface area contributed by atoms with Crippen LogP contribution in [-0.2, 0) is 4.74 Å². The van der Waals surface area contributed by atoms with Gasteiger partial charge in [0.05, 0.1) is 6.10 Å². The van der Waals surface area contributed by atoms with Gasteiger partial charge in [0.25, 0.3) is 0 Å². The first-order valence-corrected chi connectivity index (χ1v) is 9.07. The van der Waals surface area contributed by atoms with Gasteiger partial charge >= 0.3 is 0 Å². The molecule has 2 fully saturated rings. The summed E-state index contributed by atoms with van der Waals surface area (Å²) in [7, 11) is 0. The average Bonchev–Trinajstić information content (AvgIpc) is 3.03. The Labute approximate surface area is 135 Å². The molecule has 0 aromatic heterocycles. The van der Waals surface area contributed by atoms with Crippen molar-refractivity contribution < 1.29 is 4.74 Å². The lowest BCUT2D eigenvalue weighted by molar-refractivity contribution is 0.113. The van der Waals surface area contributed by atoms with Gasteiger partial charge in [-0.2, -0.15) is 0 Å². The molecule has 0 aliphatic carbocycles. The Morgan fingerprint density at radius 2 is 2.14 bits per heavy atom. The summed E-state index contributed by atoms with van der Waals surface area (Å²) in [6.45, 7) is 12.7. The smallest absolute Gasteiger partial charge is 0.191 e. The standard InChI is InChI=1S/C17H34N4O/c1-4-18-17(20-12-16-8-6-10-22-16)19-11-15-7-5-9-21(13-15)14(2)3/h14-16H,4-13H2,1-3H3,(H2,18,19,20). The predicted molar refractivity (Wildman–Crippen MR) is 92.4 cm³/mol. The molecule has 2 saturated heterocycles. The zero-order chi connectivity index (χ0) is 15.8. The minimum atomic E-state index is 0.356. The second kappa shape index (κ2) is 9.36. The zero-order valence-electron chi connectivity index (χ0n) is 14.6. The number of hydrogen-bond acceptors (Lipinski definition) is 3. The number of likely N-dealkylation sites (tertiary alicyclic amines) is 1. The molecule has 22 heavy (non-hydrogen) atoms. The van der Waals surface area contributed by atoms with E-state index in [9.17, 15) is 0 Å². The first kappa shape index (κ1) is 17.5. The number of piperidine rings is 1. The molecule has 2 unspecified atom stereocenters. The van der Waals surface area contributed by atoms with E-state index in [1.165, 1.54) is 38.8 Å². The Balaban J connectivity index is 1.78. The number of nitrogens with zero attached hydrogens (tertiary/aromatic N) is 2. The van der Waals surface area contributed by atoms with Gasteiger partial charge in [0.1, 0.15) is 0 Å². The van der Waals surface area contributed by atoms with Crippen molar-refractivity contribution in [1.29, 1.82) is 0 Å². The number of nitrogens with one attached hydrogen (secondary N) is 2. The Bertz CT molecular complexity index is 340. The molecule has 0 radical (unpaired) electrons. The monoisotopic (exact) mass is 310 g/mol. The molecule has 0 amide bonds. The molecule has 0 saturated carbocycles. The Morgan fingerprint density at radius 1 is 1.27 bits per heavy atom. The third kappa shape index (κ3) is 5.76. The van der Waals surface area contributed by atoms with Crippen LogP contribution < -0.4 is 10.6 Å². The van der Waals surface area contributed by atoms with Crippen LogP contribution in [0.5, 0.6) is 0 Å². The fourth-order valence-corrected chi connectivity index (χ4v) is 3.29. The van der Waals surface area contributed by atoms with Crippen LogP contribution in [0.3, 0.4) is 0 Å². The SMILES string of the molecule is CCNC(=NCC1CCCN(C(C)C)C1)NCC1CCCO1. The van der Waals surface area contributed by atoms with E-state index >= 15 is 0 Å². The zero-order valence-corrected chi connectivity index (χ0v) is 14.6. The lowest BCUT2D eigenvalue weighted by Gasteiger charge is -2.34. The van der Waals surface area contributed by atoms with Crippen LogP contribution in [0.1, 0.15) is 46.5 Å². The van der Waals surface area contributed by atoms with Gasteiger partial charge in [-0.3, -0.25) is 4.99 Å². The first-order valence-electron chi connectivity index (χ1n) is 9.07. The lowest BCUT2D eigenvalue weighted by Crippen LogP contribution is -2.43. The third-order valence-electron chi connectivity index (χ3n) is 4.65. The van der Waals surface area contributed by atoms with Crippen molar-refractivity contribution in [3.8, 4) is 0 Å². The maximum atomic E-state index is 5.66. The van der Waals surface area contributed by atoms with Gasteiger partial charge in [0, 0.05) is 38.8 Å². The van der Waals surface area contributed by atoms with Crippen molar-refractivity contribution in [2.24, 2.45) is 10.9 Å². The topological polar surface area (TPSA) is 48.9 Å². The second-order valence-corrected chi connectivity index (χ2v) is 6.83. The third-order valence-corrected chi connectivity index (χ3v) is 4.65. The van der Waals surface area contributed by atoms with E-state index < -0.39 is 0 Å². The van der Waals surface area contributed by atoms with Crippen LogP contribution >= 0.6 is 0 Å². The summed E-state index contributed by atoms with van der Waals surface area (Å²) < 4.78 is 5.66. The van der Waals surface area contributed by atoms with Gasteiger partial charge in [-0.05, 0) is 58.9 Å². The highest BCUT2D eigenvalue weighted by Gasteiger charge is 2.21. The van der Waals surface area contributed by atoms with Crippen LogP contribution in [0, 0.1) is 5.92 Å². The predicted octanol–water partition coefficient (Wildman–Crippen LogP) is 1.84. The number of guanidine groups is 1. The molecule has 2 atom stereocenters. The maximum Gasteiger partial charge on any atom is 0.191 e. The number of ether oxygens (including phenoxy) is 1. The summed E-state index contributed by atoms with van der Waals surface area (Å²) in [4.78, 5) is 7.38. The van der Waals surface area contributed by atoms with Gasteiger partial charge in [-0.15, -0.1) is 0 Å².